The molecule has 2 aromatic rings. The van der Waals surface area contributed by atoms with E-state index in [-0.39, 0.29) is 91.3 Å². The minimum atomic E-state index is -1.04. The van der Waals surface area contributed by atoms with Crippen molar-refractivity contribution in [3.05, 3.63) is 109 Å². The lowest BCUT2D eigenvalue weighted by Gasteiger charge is -2.53. The summed E-state index contributed by atoms with van der Waals surface area (Å²) in [5, 5.41) is 49.5. The van der Waals surface area contributed by atoms with Gasteiger partial charge in [0.1, 0.15) is 60.5 Å². The zero-order valence-corrected chi connectivity index (χ0v) is 52.2. The minimum absolute atomic E-state index is 0.0312. The summed E-state index contributed by atoms with van der Waals surface area (Å²) in [6.07, 6.45) is 12.4. The van der Waals surface area contributed by atoms with Crippen LogP contribution < -0.4 is 0 Å². The largest absolute Gasteiger partial charge is 0.391 e. The number of fused-ring (bicyclic) bond motifs is 12. The van der Waals surface area contributed by atoms with Crippen LogP contribution in [0.15, 0.2) is 103 Å². The van der Waals surface area contributed by atoms with Gasteiger partial charge < -0.3 is 91.5 Å². The lowest BCUT2D eigenvalue weighted by Crippen LogP contribution is -2.63. The Labute approximate surface area is 527 Å². The highest BCUT2D eigenvalue weighted by Gasteiger charge is 2.63. The van der Waals surface area contributed by atoms with Crippen LogP contribution in [0, 0.1) is 23.7 Å². The van der Waals surface area contributed by atoms with Crippen LogP contribution in [0.2, 0.25) is 0 Å². The fourth-order valence-electron chi connectivity index (χ4n) is 17.9. The number of benzene rings is 2. The molecule has 14 aliphatic rings. The van der Waals surface area contributed by atoms with Crippen molar-refractivity contribution in [3.8, 4) is 0 Å². The quantitative estimate of drug-likeness (QED) is 0.230. The van der Waals surface area contributed by atoms with Gasteiger partial charge in [-0.15, -0.1) is 0 Å². The lowest BCUT2D eigenvalue weighted by molar-refractivity contribution is -0.339. The summed E-state index contributed by atoms with van der Waals surface area (Å²) in [4.78, 5) is 0. The highest BCUT2D eigenvalue weighted by Crippen LogP contribution is 2.52. The van der Waals surface area contributed by atoms with Crippen molar-refractivity contribution < 1.29 is 91.5 Å². The van der Waals surface area contributed by atoms with Crippen molar-refractivity contribution in [2.24, 2.45) is 23.7 Å². The van der Waals surface area contributed by atoms with E-state index in [1.165, 1.54) is 5.39 Å². The van der Waals surface area contributed by atoms with E-state index < -0.39 is 121 Å². The molecule has 0 bridgehead atoms. The topological polar surface area (TPSA) is 219 Å². The molecule has 14 heterocycles. The molecule has 4 N–H and O–H groups in total. The zero-order chi connectivity index (χ0) is 61.3. The summed E-state index contributed by atoms with van der Waals surface area (Å²) in [6.45, 7) is 11.1. The second-order valence-corrected chi connectivity index (χ2v) is 29.0. The second kappa shape index (κ2) is 24.7. The zero-order valence-electron chi connectivity index (χ0n) is 52.2. The average molecular weight is 1250 g/mol. The summed E-state index contributed by atoms with van der Waals surface area (Å²) in [5.74, 6) is -1.19. The van der Waals surface area contributed by atoms with Gasteiger partial charge in [-0.25, -0.2) is 0 Å². The van der Waals surface area contributed by atoms with E-state index in [1.54, 1.807) is 0 Å². The molecule has 0 aromatic heterocycles. The van der Waals surface area contributed by atoms with Gasteiger partial charge in [0, 0.05) is 49.5 Å². The van der Waals surface area contributed by atoms with Gasteiger partial charge in [-0.2, -0.15) is 0 Å². The van der Waals surface area contributed by atoms with Crippen molar-refractivity contribution in [1.82, 2.24) is 0 Å². The second-order valence-electron chi connectivity index (χ2n) is 29.0. The molecule has 0 aliphatic carbocycles. The molecule has 10 fully saturated rings. The maximum absolute atomic E-state index is 12.5. The standard InChI is InChI=1S/C71H92O19/c1-35-25-52-54(29-58-64(87-52)37(3)62(74)68-65(88-58)36(2)38(4)71(90-68)32-42(72)33-77-71)84-56-31-61-70(5,89-57(56)26-35)60(73)30-55-46(85-61)15-9-8-14-45-47(82-55)21-22-49-48(80-45)23-24-50-53(81-49)28-59-67(86-50)63(75)66-51(83-59)16-10-13-43(78-66)19-20-44-34-76-69(79-44)41-18-17-39-11-6-7-12-40(39)27-41/h6-13,17-24,27,35-38,42-69,72-75H,14-16,25-26,28-34H2,1-5H3/t35-,36+,37+,38+,42+,43-,44?,45-,46+,47+,48+,49-,50-,51+,52+,53+,54-,55-,56+,57-,58+,59-,60-,61-,62?,63-,64-,65-,66+,67-,68+,69?,70+,71-/m1/s1. The van der Waals surface area contributed by atoms with Gasteiger partial charge in [0.15, 0.2) is 12.1 Å². The van der Waals surface area contributed by atoms with Crippen LogP contribution in [-0.2, 0) is 71.1 Å². The highest BCUT2D eigenvalue weighted by molar-refractivity contribution is 5.83. The summed E-state index contributed by atoms with van der Waals surface area (Å²) in [5.41, 5.74) is -0.0665. The number of ether oxygens (including phenoxy) is 15. The maximum Gasteiger partial charge on any atom is 0.184 e. The molecule has 0 amide bonds. The van der Waals surface area contributed by atoms with Gasteiger partial charge in [-0.1, -0.05) is 125 Å². The Morgan fingerprint density at radius 3 is 1.97 bits per heavy atom. The normalized spacial score (nSPS) is 53.2. The van der Waals surface area contributed by atoms with Gasteiger partial charge in [-0.05, 0) is 67.7 Å². The van der Waals surface area contributed by atoms with E-state index >= 15 is 0 Å². The molecule has 2 aromatic carbocycles. The third-order valence-corrected chi connectivity index (χ3v) is 23.2. The highest BCUT2D eigenvalue weighted by atomic mass is 16.7. The molecular formula is C71H92O19. The molecule has 1 spiro atoms. The van der Waals surface area contributed by atoms with Crippen LogP contribution in [0.1, 0.15) is 111 Å². The molecule has 0 saturated carbocycles. The monoisotopic (exact) mass is 1250 g/mol. The Morgan fingerprint density at radius 1 is 0.478 bits per heavy atom. The first-order chi connectivity index (χ1) is 43.6. The Morgan fingerprint density at radius 2 is 1.14 bits per heavy atom. The van der Waals surface area contributed by atoms with Crippen LogP contribution in [0.5, 0.6) is 0 Å². The summed E-state index contributed by atoms with van der Waals surface area (Å²) < 4.78 is 102. The molecule has 19 nitrogen and oxygen atoms in total. The smallest absolute Gasteiger partial charge is 0.184 e. The van der Waals surface area contributed by atoms with Gasteiger partial charge in [0.25, 0.3) is 0 Å². The first-order valence-electron chi connectivity index (χ1n) is 34.0. The van der Waals surface area contributed by atoms with Crippen LogP contribution in [0.3, 0.4) is 0 Å². The number of rotatable bonds is 3. The summed E-state index contributed by atoms with van der Waals surface area (Å²) in [6, 6.07) is 14.5. The Bertz CT molecular complexity index is 3050. The lowest BCUT2D eigenvalue weighted by atomic mass is 9.75. The van der Waals surface area contributed by atoms with Crippen molar-refractivity contribution in [1.29, 1.82) is 0 Å². The third kappa shape index (κ3) is 11.3. The van der Waals surface area contributed by atoms with Crippen LogP contribution in [0.4, 0.5) is 0 Å². The van der Waals surface area contributed by atoms with E-state index in [0.29, 0.717) is 64.4 Å². The molecule has 0 radical (unpaired) electrons. The fraction of sp³-hybridized carbons (Fsp3) is 0.718. The van der Waals surface area contributed by atoms with Crippen molar-refractivity contribution >= 4 is 10.8 Å². The third-order valence-electron chi connectivity index (χ3n) is 23.2. The fourth-order valence-corrected chi connectivity index (χ4v) is 17.9. The van der Waals surface area contributed by atoms with Gasteiger partial charge >= 0.3 is 0 Å². The number of hydrogen-bond donors (Lipinski definition) is 4. The van der Waals surface area contributed by atoms with E-state index in [2.05, 4.69) is 81.5 Å². The number of aliphatic hydroxyl groups is 4. The molecule has 10 saturated heterocycles. The van der Waals surface area contributed by atoms with E-state index in [1.807, 2.05) is 56.4 Å². The first-order valence-corrected chi connectivity index (χ1v) is 34.0. The molecule has 490 valence electrons. The van der Waals surface area contributed by atoms with E-state index in [4.69, 9.17) is 71.1 Å². The summed E-state index contributed by atoms with van der Waals surface area (Å²) >= 11 is 0. The first kappa shape index (κ1) is 61.5. The molecular weight excluding hydrogens is 1160 g/mol. The van der Waals surface area contributed by atoms with Gasteiger partial charge in [0.2, 0.25) is 0 Å². The van der Waals surface area contributed by atoms with Crippen molar-refractivity contribution in [2.75, 3.05) is 13.2 Å². The Hall–Kier alpha value is -3.36. The summed E-state index contributed by atoms with van der Waals surface area (Å²) in [7, 11) is 0. The Kier molecular flexibility index (Phi) is 16.9. The van der Waals surface area contributed by atoms with Gasteiger partial charge in [0.05, 0.1) is 123 Å². The van der Waals surface area contributed by atoms with Crippen molar-refractivity contribution in [2.45, 2.75) is 281 Å². The molecule has 19 heteroatoms. The predicted octanol–water partition coefficient (Wildman–Crippen LogP) is 6.88. The predicted molar refractivity (Wildman–Crippen MR) is 324 cm³/mol. The van der Waals surface area contributed by atoms with E-state index in [9.17, 15) is 20.4 Å². The van der Waals surface area contributed by atoms with Gasteiger partial charge in [-0.3, -0.25) is 0 Å². The van der Waals surface area contributed by atoms with Crippen LogP contribution >= 0.6 is 0 Å². The molecule has 90 heavy (non-hydrogen) atoms. The Balaban J connectivity index is 0.559. The van der Waals surface area contributed by atoms with Crippen LogP contribution in [0.25, 0.3) is 10.8 Å². The van der Waals surface area contributed by atoms with Crippen LogP contribution in [-0.4, -0.2) is 210 Å². The average Bonchev–Trinajstić information content (AvgIpc) is 1.51. The maximum atomic E-state index is 12.5. The number of aliphatic hydroxyl groups excluding tert-OH is 4. The molecule has 14 aliphatic heterocycles. The molecule has 34 atom stereocenters. The SMILES string of the molecule is C[C@@H]1C[C@@H]2O[C@H]3[C@H](C[C@H]2O[C@H]2C[C@H]4O[C@H]5CC=CC[C@H]6O[C@H]7C=C[C@H]8O[C@H]9[C@H](O)[C@H]%10O[C@@H](C=CC%11COC(c%12ccc%13ccccc%13c%12)O%11)C=CC[C@@H]%10O[C@@H]9C[C@@H]8O[C@@H]7C=C[C@@H]6O[C@@H]5C[C@@H](O)[C@]4(C)O[C@@H]2C1)O[C@@H]1[C@@H](C)[C@H](C)[C@@]2(C[C@H](O)CO2)O[C@H]1C(O)[C@@H]3C. The molecule has 3 unspecified atom stereocenters. The molecule has 16 rings (SSSR count). The number of hydrogen-bond acceptors (Lipinski definition) is 19. The van der Waals surface area contributed by atoms with Crippen molar-refractivity contribution in [3.63, 3.8) is 0 Å². The van der Waals surface area contributed by atoms with E-state index in [0.717, 1.165) is 17.4 Å². The minimum Gasteiger partial charge on any atom is -0.391 e.